The van der Waals surface area contributed by atoms with Gasteiger partial charge in [-0.1, -0.05) is 42.5 Å². The molecule has 0 unspecified atom stereocenters. The molecule has 0 spiro atoms. The molecule has 92 valence electrons. The Morgan fingerprint density at radius 3 is 2.53 bits per heavy atom. The lowest BCUT2D eigenvalue weighted by Gasteiger charge is -2.07. The molecular weight excluding hydrogens is 237 g/mol. The second-order valence-electron chi connectivity index (χ2n) is 4.37. The third-order valence-electron chi connectivity index (χ3n) is 3.15. The van der Waals surface area contributed by atoms with Crippen molar-refractivity contribution in [2.75, 3.05) is 0 Å². The fourth-order valence-electron chi connectivity index (χ4n) is 2.20. The van der Waals surface area contributed by atoms with E-state index in [9.17, 15) is 10.0 Å². The van der Waals surface area contributed by atoms with Crippen LogP contribution in [-0.2, 0) is 0 Å². The van der Waals surface area contributed by atoms with Crippen molar-refractivity contribution < 1.29 is 10.0 Å². The second kappa shape index (κ2) is 4.84. The van der Waals surface area contributed by atoms with E-state index in [0.717, 1.165) is 22.0 Å². The molecule has 1 heterocycles. The highest BCUT2D eigenvalue weighted by molar-refractivity contribution is 6.58. The van der Waals surface area contributed by atoms with E-state index in [1.54, 1.807) is 18.3 Å². The highest BCUT2D eigenvalue weighted by Gasteiger charge is 2.12. The summed E-state index contributed by atoms with van der Waals surface area (Å²) in [5.41, 5.74) is 2.17. The van der Waals surface area contributed by atoms with Crippen molar-refractivity contribution in [2.24, 2.45) is 0 Å². The van der Waals surface area contributed by atoms with E-state index in [2.05, 4.69) is 4.98 Å². The Morgan fingerprint density at radius 2 is 1.68 bits per heavy atom. The zero-order chi connectivity index (χ0) is 13.2. The van der Waals surface area contributed by atoms with Crippen molar-refractivity contribution in [3.63, 3.8) is 0 Å². The molecule has 2 aromatic carbocycles. The van der Waals surface area contributed by atoms with Gasteiger partial charge < -0.3 is 10.0 Å². The predicted molar refractivity (Wildman–Crippen MR) is 77.0 cm³/mol. The molecule has 3 aromatic rings. The Bertz CT molecular complexity index is 723. The van der Waals surface area contributed by atoms with Crippen LogP contribution in [0.3, 0.4) is 0 Å². The molecule has 0 saturated carbocycles. The molecule has 0 radical (unpaired) electrons. The highest BCUT2D eigenvalue weighted by Crippen LogP contribution is 2.26. The molecule has 3 rings (SSSR count). The Balaban J connectivity index is 2.22. The molecule has 2 N–H and O–H groups in total. The monoisotopic (exact) mass is 249 g/mol. The minimum Gasteiger partial charge on any atom is -0.423 e. The molecule has 1 aromatic heterocycles. The van der Waals surface area contributed by atoms with Gasteiger partial charge in [0.2, 0.25) is 0 Å². The number of benzene rings is 2. The fraction of sp³-hybridized carbons (Fsp3) is 0. The molecule has 0 aliphatic rings. The molecule has 0 fully saturated rings. The van der Waals surface area contributed by atoms with E-state index in [4.69, 9.17) is 0 Å². The predicted octanol–water partition coefficient (Wildman–Crippen LogP) is 1.58. The summed E-state index contributed by atoms with van der Waals surface area (Å²) >= 11 is 0. The van der Waals surface area contributed by atoms with Crippen molar-refractivity contribution in [3.05, 3.63) is 60.8 Å². The van der Waals surface area contributed by atoms with Crippen molar-refractivity contribution in [1.82, 2.24) is 4.98 Å². The maximum Gasteiger partial charge on any atom is 0.488 e. The maximum absolute atomic E-state index is 9.24. The van der Waals surface area contributed by atoms with Gasteiger partial charge in [0, 0.05) is 11.8 Å². The number of nitrogens with zero attached hydrogens (tertiary/aromatic N) is 1. The molecule has 19 heavy (non-hydrogen) atoms. The summed E-state index contributed by atoms with van der Waals surface area (Å²) in [7, 11) is -1.48. The Labute approximate surface area is 111 Å². The molecule has 4 heteroatoms. The van der Waals surface area contributed by atoms with Gasteiger partial charge in [-0.25, -0.2) is 0 Å². The first kappa shape index (κ1) is 11.9. The number of rotatable bonds is 2. The Hall–Kier alpha value is -2.17. The normalized spacial score (nSPS) is 10.6. The second-order valence-corrected chi connectivity index (χ2v) is 4.37. The summed E-state index contributed by atoms with van der Waals surface area (Å²) in [6, 6.07) is 17.4. The molecular formula is C15H12BNO2. The standard InChI is InChI=1S/C15H12BNO2/c18-16(19)12-8-9-17-15(10-12)14-7-3-5-11-4-1-2-6-13(11)14/h1-10,18-19H. The molecule has 0 saturated heterocycles. The largest absolute Gasteiger partial charge is 0.488 e. The molecule has 3 nitrogen and oxygen atoms in total. The van der Waals surface area contributed by atoms with Crippen LogP contribution in [0.1, 0.15) is 0 Å². The number of fused-ring (bicyclic) bond motifs is 1. The number of pyridine rings is 1. The van der Waals surface area contributed by atoms with Gasteiger partial charge in [0.05, 0.1) is 5.69 Å². The van der Waals surface area contributed by atoms with E-state index in [1.165, 1.54) is 0 Å². The van der Waals surface area contributed by atoms with Crippen LogP contribution in [0.25, 0.3) is 22.0 Å². The van der Waals surface area contributed by atoms with Crippen LogP contribution in [-0.4, -0.2) is 22.2 Å². The van der Waals surface area contributed by atoms with Crippen LogP contribution in [0.2, 0.25) is 0 Å². The number of hydrogen-bond donors (Lipinski definition) is 2. The summed E-state index contributed by atoms with van der Waals surface area (Å²) in [6.45, 7) is 0. The third kappa shape index (κ3) is 2.23. The third-order valence-corrected chi connectivity index (χ3v) is 3.15. The van der Waals surface area contributed by atoms with Gasteiger partial charge >= 0.3 is 7.12 Å². The Morgan fingerprint density at radius 1 is 0.895 bits per heavy atom. The molecule has 0 bridgehead atoms. The summed E-state index contributed by atoms with van der Waals surface area (Å²) in [5, 5.41) is 20.7. The average molecular weight is 249 g/mol. The van der Waals surface area contributed by atoms with Crippen LogP contribution in [0.15, 0.2) is 60.8 Å². The molecule has 0 aliphatic carbocycles. The minimum atomic E-state index is -1.48. The summed E-state index contributed by atoms with van der Waals surface area (Å²) in [5.74, 6) is 0. The lowest BCUT2D eigenvalue weighted by Crippen LogP contribution is -2.29. The summed E-state index contributed by atoms with van der Waals surface area (Å²) in [6.07, 6.45) is 1.59. The zero-order valence-electron chi connectivity index (χ0n) is 10.2. The van der Waals surface area contributed by atoms with E-state index in [-0.39, 0.29) is 0 Å². The van der Waals surface area contributed by atoms with Crippen molar-refractivity contribution in [1.29, 1.82) is 0 Å². The van der Waals surface area contributed by atoms with Crippen LogP contribution in [0.5, 0.6) is 0 Å². The quantitative estimate of drug-likeness (QED) is 0.678. The van der Waals surface area contributed by atoms with Crippen molar-refractivity contribution in [3.8, 4) is 11.3 Å². The first-order valence-corrected chi connectivity index (χ1v) is 6.06. The Kier molecular flexibility index (Phi) is 3.03. The van der Waals surface area contributed by atoms with Gasteiger partial charge in [-0.3, -0.25) is 4.98 Å². The molecule has 0 atom stereocenters. The van der Waals surface area contributed by atoms with Crippen LogP contribution < -0.4 is 5.46 Å². The minimum absolute atomic E-state index is 0.443. The van der Waals surface area contributed by atoms with Crippen molar-refractivity contribution in [2.45, 2.75) is 0 Å². The number of aromatic nitrogens is 1. The van der Waals surface area contributed by atoms with E-state index in [1.807, 2.05) is 42.5 Å². The number of hydrogen-bond acceptors (Lipinski definition) is 3. The average Bonchev–Trinajstić information content (AvgIpc) is 2.47. The van der Waals surface area contributed by atoms with E-state index >= 15 is 0 Å². The first-order valence-electron chi connectivity index (χ1n) is 6.06. The summed E-state index contributed by atoms with van der Waals surface area (Å²) in [4.78, 5) is 4.32. The van der Waals surface area contributed by atoms with Crippen LogP contribution in [0.4, 0.5) is 0 Å². The summed E-state index contributed by atoms with van der Waals surface area (Å²) < 4.78 is 0. The van der Waals surface area contributed by atoms with Gasteiger partial charge in [0.1, 0.15) is 0 Å². The van der Waals surface area contributed by atoms with E-state index < -0.39 is 7.12 Å². The lowest BCUT2D eigenvalue weighted by molar-refractivity contribution is 0.425. The smallest absolute Gasteiger partial charge is 0.423 e. The fourth-order valence-corrected chi connectivity index (χ4v) is 2.20. The lowest BCUT2D eigenvalue weighted by atomic mass is 9.80. The van der Waals surface area contributed by atoms with Gasteiger partial charge in [0.25, 0.3) is 0 Å². The van der Waals surface area contributed by atoms with Gasteiger partial charge in [0.15, 0.2) is 0 Å². The first-order chi connectivity index (χ1) is 9.25. The maximum atomic E-state index is 9.24. The van der Waals surface area contributed by atoms with Crippen LogP contribution in [0, 0.1) is 0 Å². The van der Waals surface area contributed by atoms with Crippen molar-refractivity contribution >= 4 is 23.4 Å². The highest BCUT2D eigenvalue weighted by atomic mass is 16.4. The van der Waals surface area contributed by atoms with E-state index in [0.29, 0.717) is 5.46 Å². The van der Waals surface area contributed by atoms with Gasteiger partial charge in [-0.15, -0.1) is 0 Å². The SMILES string of the molecule is OB(O)c1ccnc(-c2cccc3ccccc23)c1. The topological polar surface area (TPSA) is 53.4 Å². The van der Waals surface area contributed by atoms with Gasteiger partial charge in [-0.05, 0) is 28.4 Å². The zero-order valence-corrected chi connectivity index (χ0v) is 10.2. The van der Waals surface area contributed by atoms with Gasteiger partial charge in [-0.2, -0.15) is 0 Å². The molecule has 0 aliphatic heterocycles. The molecule has 0 amide bonds. The van der Waals surface area contributed by atoms with Crippen LogP contribution >= 0.6 is 0 Å².